The van der Waals surface area contributed by atoms with Gasteiger partial charge < -0.3 is 0 Å². The largest absolute Gasteiger partial charge is 0.229 e. The molecule has 2 nitrogen and oxygen atoms in total. The molecule has 2 heteroatoms. The van der Waals surface area contributed by atoms with Gasteiger partial charge in [0.1, 0.15) is 0 Å². The molecule has 0 bridgehead atoms. The van der Waals surface area contributed by atoms with Crippen LogP contribution in [0.5, 0.6) is 0 Å². The predicted molar refractivity (Wildman–Crippen MR) is 113 cm³/mol. The van der Waals surface area contributed by atoms with E-state index >= 15 is 0 Å². The molecule has 1 aromatic heterocycles. The summed E-state index contributed by atoms with van der Waals surface area (Å²) in [4.78, 5) is 8.79. The summed E-state index contributed by atoms with van der Waals surface area (Å²) in [5, 5.41) is 0. The summed E-state index contributed by atoms with van der Waals surface area (Å²) in [5.41, 5.74) is 3.72. The van der Waals surface area contributed by atoms with Gasteiger partial charge in [0.15, 0.2) is 0 Å². The van der Waals surface area contributed by atoms with E-state index < -0.39 is 0 Å². The Balaban J connectivity index is 1.56. The first kappa shape index (κ1) is 19.6. The molecular weight excluding hydrogens is 328 g/mol. The monoisotopic (exact) mass is 360 g/mol. The van der Waals surface area contributed by atoms with Gasteiger partial charge >= 0.3 is 0 Å². The van der Waals surface area contributed by atoms with E-state index in [9.17, 15) is 0 Å². The molecule has 142 valence electrons. The normalized spacial score (nSPS) is 19.3. The third kappa shape index (κ3) is 5.93. The molecule has 0 aliphatic heterocycles. The molecule has 2 aromatic rings. The van der Waals surface area contributed by atoms with E-state index in [-0.39, 0.29) is 0 Å². The summed E-state index contributed by atoms with van der Waals surface area (Å²) in [6.07, 6.45) is 15.4. The maximum Gasteiger partial charge on any atom is 0.205 e. The molecule has 1 aliphatic carbocycles. The molecule has 0 atom stereocenters. The summed E-state index contributed by atoms with van der Waals surface area (Å²) in [6, 6.07) is 8.82. The van der Waals surface area contributed by atoms with Gasteiger partial charge in [-0.3, -0.25) is 0 Å². The van der Waals surface area contributed by atoms with Gasteiger partial charge in [-0.15, -0.1) is 0 Å². The molecular formula is C25H32N2. The predicted octanol–water partition coefficient (Wildman–Crippen LogP) is 6.29. The van der Waals surface area contributed by atoms with E-state index in [0.717, 1.165) is 23.8 Å². The Morgan fingerprint density at radius 2 is 1.59 bits per heavy atom. The lowest BCUT2D eigenvalue weighted by molar-refractivity contribution is 0.319. The highest BCUT2D eigenvalue weighted by Gasteiger charge is 2.20. The van der Waals surface area contributed by atoms with Crippen LogP contribution in [-0.4, -0.2) is 9.97 Å². The third-order valence-electron chi connectivity index (χ3n) is 5.90. The van der Waals surface area contributed by atoms with Crippen molar-refractivity contribution in [3.63, 3.8) is 0 Å². The first-order valence-corrected chi connectivity index (χ1v) is 10.7. The van der Waals surface area contributed by atoms with Crippen LogP contribution in [0.3, 0.4) is 0 Å². The molecule has 0 saturated heterocycles. The number of unbranched alkanes of at least 4 members (excludes halogenated alkanes) is 2. The average molecular weight is 361 g/mol. The minimum absolute atomic E-state index is 0.608. The second-order valence-electron chi connectivity index (χ2n) is 7.87. The molecule has 0 radical (unpaired) electrons. The summed E-state index contributed by atoms with van der Waals surface area (Å²) < 4.78 is 0. The Bertz CT molecular complexity index is 742. The molecule has 1 fully saturated rings. The highest BCUT2D eigenvalue weighted by molar-refractivity contribution is 5.40. The highest BCUT2D eigenvalue weighted by Crippen LogP contribution is 2.36. The van der Waals surface area contributed by atoms with Gasteiger partial charge in [-0.05, 0) is 79.5 Å². The zero-order chi connectivity index (χ0) is 18.9. The van der Waals surface area contributed by atoms with Gasteiger partial charge in [-0.2, -0.15) is 0 Å². The van der Waals surface area contributed by atoms with Crippen LogP contribution < -0.4 is 0 Å². The van der Waals surface area contributed by atoms with Crippen molar-refractivity contribution in [2.24, 2.45) is 5.92 Å². The SMILES string of the molecule is CCCCCc1cnc(C#Cc2ccc([C@H]3CC[C@H](CC)CC3)cc2)nc1. The van der Waals surface area contributed by atoms with E-state index in [1.165, 1.54) is 62.5 Å². The van der Waals surface area contributed by atoms with Crippen LogP contribution in [-0.2, 0) is 6.42 Å². The highest BCUT2D eigenvalue weighted by atomic mass is 14.8. The minimum atomic E-state index is 0.608. The molecule has 1 aromatic carbocycles. The number of aryl methyl sites for hydroxylation is 1. The van der Waals surface area contributed by atoms with Gasteiger partial charge in [0.05, 0.1) is 0 Å². The Labute approximate surface area is 164 Å². The molecule has 0 unspecified atom stereocenters. The number of rotatable bonds is 6. The lowest BCUT2D eigenvalue weighted by atomic mass is 9.78. The van der Waals surface area contributed by atoms with Crippen molar-refractivity contribution in [1.29, 1.82) is 0 Å². The number of aromatic nitrogens is 2. The molecule has 0 spiro atoms. The number of nitrogens with zero attached hydrogens (tertiary/aromatic N) is 2. The van der Waals surface area contributed by atoms with Crippen molar-refractivity contribution in [3.8, 4) is 11.8 Å². The molecule has 3 rings (SSSR count). The maximum absolute atomic E-state index is 4.39. The molecule has 1 heterocycles. The summed E-state index contributed by atoms with van der Waals surface area (Å²) in [6.45, 7) is 4.54. The van der Waals surface area contributed by atoms with E-state index in [4.69, 9.17) is 0 Å². The first-order valence-electron chi connectivity index (χ1n) is 10.7. The van der Waals surface area contributed by atoms with Crippen molar-refractivity contribution in [1.82, 2.24) is 9.97 Å². The molecule has 1 saturated carbocycles. The van der Waals surface area contributed by atoms with Crippen molar-refractivity contribution < 1.29 is 0 Å². The second kappa shape index (κ2) is 10.3. The van der Waals surface area contributed by atoms with Gasteiger partial charge in [0.2, 0.25) is 5.82 Å². The molecule has 0 amide bonds. The fourth-order valence-corrected chi connectivity index (χ4v) is 4.00. The van der Waals surface area contributed by atoms with Crippen LogP contribution in [0, 0.1) is 17.8 Å². The molecule has 0 N–H and O–H groups in total. The van der Waals surface area contributed by atoms with Crippen LogP contribution >= 0.6 is 0 Å². The quantitative estimate of drug-likeness (QED) is 0.447. The van der Waals surface area contributed by atoms with Crippen molar-refractivity contribution in [3.05, 3.63) is 59.2 Å². The Morgan fingerprint density at radius 3 is 2.22 bits per heavy atom. The van der Waals surface area contributed by atoms with Crippen LogP contribution in [0.15, 0.2) is 36.7 Å². The van der Waals surface area contributed by atoms with E-state index in [2.05, 4.69) is 59.9 Å². The summed E-state index contributed by atoms with van der Waals surface area (Å²) in [5.74, 6) is 8.59. The average Bonchev–Trinajstić information content (AvgIpc) is 2.74. The zero-order valence-corrected chi connectivity index (χ0v) is 16.9. The third-order valence-corrected chi connectivity index (χ3v) is 5.90. The fourth-order valence-electron chi connectivity index (χ4n) is 4.00. The van der Waals surface area contributed by atoms with Crippen molar-refractivity contribution in [2.45, 2.75) is 77.6 Å². The number of hydrogen-bond donors (Lipinski definition) is 0. The Hall–Kier alpha value is -2.14. The van der Waals surface area contributed by atoms with E-state index in [1.54, 1.807) is 0 Å². The van der Waals surface area contributed by atoms with Crippen LogP contribution in [0.4, 0.5) is 0 Å². The number of benzene rings is 1. The van der Waals surface area contributed by atoms with Crippen molar-refractivity contribution in [2.75, 3.05) is 0 Å². The van der Waals surface area contributed by atoms with Crippen LogP contribution in [0.1, 0.15) is 93.6 Å². The summed E-state index contributed by atoms with van der Waals surface area (Å²) in [7, 11) is 0. The van der Waals surface area contributed by atoms with Gasteiger partial charge in [0.25, 0.3) is 0 Å². The first-order chi connectivity index (χ1) is 13.3. The maximum atomic E-state index is 4.39. The number of hydrogen-bond acceptors (Lipinski definition) is 2. The van der Waals surface area contributed by atoms with Gasteiger partial charge in [0, 0.05) is 18.0 Å². The minimum Gasteiger partial charge on any atom is -0.229 e. The smallest absolute Gasteiger partial charge is 0.205 e. The van der Waals surface area contributed by atoms with Gasteiger partial charge in [-0.1, -0.05) is 51.2 Å². The van der Waals surface area contributed by atoms with Crippen LogP contribution in [0.25, 0.3) is 0 Å². The van der Waals surface area contributed by atoms with Crippen molar-refractivity contribution >= 4 is 0 Å². The Kier molecular flexibility index (Phi) is 7.45. The molecule has 27 heavy (non-hydrogen) atoms. The van der Waals surface area contributed by atoms with Crippen LogP contribution in [0.2, 0.25) is 0 Å². The zero-order valence-electron chi connectivity index (χ0n) is 16.9. The fraction of sp³-hybridized carbons (Fsp3) is 0.520. The summed E-state index contributed by atoms with van der Waals surface area (Å²) >= 11 is 0. The lowest BCUT2D eigenvalue weighted by Crippen LogP contribution is -2.12. The molecule has 1 aliphatic rings. The Morgan fingerprint density at radius 1 is 0.889 bits per heavy atom. The van der Waals surface area contributed by atoms with E-state index in [1.807, 2.05) is 12.4 Å². The van der Waals surface area contributed by atoms with Gasteiger partial charge in [-0.25, -0.2) is 9.97 Å². The topological polar surface area (TPSA) is 25.8 Å². The standard InChI is InChI=1S/C25H32N2/c1-3-5-6-7-22-18-26-25(27-19-22)17-12-21-10-15-24(16-11-21)23-13-8-20(4-2)9-14-23/h10-11,15-16,18-20,23H,3-9,13-14H2,1-2H3/t20-,23-. The van der Waals surface area contributed by atoms with E-state index in [0.29, 0.717) is 5.82 Å². The second-order valence-corrected chi connectivity index (χ2v) is 7.87. The lowest BCUT2D eigenvalue weighted by Gasteiger charge is -2.28.